The monoisotopic (exact) mass is 326 g/mol. The molecular formula is C22H18N2O. The molecule has 0 amide bonds. The van der Waals surface area contributed by atoms with Gasteiger partial charge in [-0.2, -0.15) is 4.98 Å². The minimum absolute atomic E-state index is 0.156. The average Bonchev–Trinajstić information content (AvgIpc) is 2.70. The van der Waals surface area contributed by atoms with Gasteiger partial charge >= 0.3 is 0 Å². The summed E-state index contributed by atoms with van der Waals surface area (Å²) in [5.74, 6) is 0.756. The zero-order valence-electron chi connectivity index (χ0n) is 13.7. The third kappa shape index (κ3) is 3.50. The number of ether oxygens (including phenoxy) is 1. The van der Waals surface area contributed by atoms with Gasteiger partial charge in [-0.3, -0.25) is 0 Å². The maximum Gasteiger partial charge on any atom is 0.215 e. The van der Waals surface area contributed by atoms with Gasteiger partial charge in [0, 0.05) is 23.6 Å². The van der Waals surface area contributed by atoms with E-state index in [2.05, 4.69) is 58.5 Å². The molecule has 0 atom stereocenters. The van der Waals surface area contributed by atoms with Crippen LogP contribution < -0.4 is 4.74 Å². The molecule has 0 aliphatic carbocycles. The van der Waals surface area contributed by atoms with E-state index in [-0.39, 0.29) is 5.92 Å². The van der Waals surface area contributed by atoms with Gasteiger partial charge in [-0.25, -0.2) is 4.98 Å². The van der Waals surface area contributed by atoms with Crippen LogP contribution in [0, 0.1) is 0 Å². The summed E-state index contributed by atoms with van der Waals surface area (Å²) in [7, 11) is 0. The van der Waals surface area contributed by atoms with E-state index >= 15 is 0 Å². The molecule has 122 valence electrons. The average molecular weight is 326 g/mol. The van der Waals surface area contributed by atoms with E-state index in [1.165, 1.54) is 11.1 Å². The number of aromatic nitrogens is 2. The maximum atomic E-state index is 6.03. The Morgan fingerprint density at radius 3 is 2.08 bits per heavy atom. The fraction of sp³-hybridized carbons (Fsp3) is 0.0909. The molecule has 0 spiro atoms. The second-order valence-corrected chi connectivity index (χ2v) is 5.88. The van der Waals surface area contributed by atoms with Crippen LogP contribution in [-0.4, -0.2) is 16.6 Å². The van der Waals surface area contributed by atoms with Crippen LogP contribution in [0.4, 0.5) is 0 Å². The lowest BCUT2D eigenvalue weighted by Gasteiger charge is -2.18. The highest BCUT2D eigenvalue weighted by Gasteiger charge is 2.15. The van der Waals surface area contributed by atoms with E-state index in [9.17, 15) is 0 Å². The highest BCUT2D eigenvalue weighted by molar-refractivity contribution is 5.74. The SMILES string of the molecule is c1ccc(C(COc2ccc3cccnc3n2)c2ccccc2)cc1. The summed E-state index contributed by atoms with van der Waals surface area (Å²) in [5, 5.41) is 1.01. The number of nitrogens with zero attached hydrogens (tertiary/aromatic N) is 2. The van der Waals surface area contributed by atoms with Crippen LogP contribution in [0.3, 0.4) is 0 Å². The summed E-state index contributed by atoms with van der Waals surface area (Å²) in [6.07, 6.45) is 1.75. The van der Waals surface area contributed by atoms with Crippen molar-refractivity contribution in [3.05, 3.63) is 102 Å². The van der Waals surface area contributed by atoms with Crippen molar-refractivity contribution in [3.63, 3.8) is 0 Å². The third-order valence-corrected chi connectivity index (χ3v) is 4.24. The topological polar surface area (TPSA) is 35.0 Å². The summed E-state index contributed by atoms with van der Waals surface area (Å²) < 4.78 is 6.03. The first-order valence-electron chi connectivity index (χ1n) is 8.34. The van der Waals surface area contributed by atoms with E-state index in [4.69, 9.17) is 4.74 Å². The van der Waals surface area contributed by atoms with Crippen LogP contribution in [0.25, 0.3) is 11.0 Å². The minimum atomic E-state index is 0.156. The Labute approximate surface area is 147 Å². The zero-order chi connectivity index (χ0) is 16.9. The van der Waals surface area contributed by atoms with Crippen molar-refractivity contribution in [2.45, 2.75) is 5.92 Å². The van der Waals surface area contributed by atoms with Crippen LogP contribution in [0.5, 0.6) is 5.88 Å². The lowest BCUT2D eigenvalue weighted by atomic mass is 9.92. The molecule has 0 aliphatic heterocycles. The number of pyridine rings is 2. The van der Waals surface area contributed by atoms with Crippen molar-refractivity contribution in [1.82, 2.24) is 9.97 Å². The molecule has 0 saturated heterocycles. The summed E-state index contributed by atoms with van der Waals surface area (Å²) >= 11 is 0. The zero-order valence-corrected chi connectivity index (χ0v) is 13.7. The van der Waals surface area contributed by atoms with Gasteiger partial charge < -0.3 is 4.74 Å². The van der Waals surface area contributed by atoms with E-state index in [0.717, 1.165) is 5.39 Å². The van der Waals surface area contributed by atoms with Crippen molar-refractivity contribution in [3.8, 4) is 5.88 Å². The van der Waals surface area contributed by atoms with Crippen LogP contribution >= 0.6 is 0 Å². The largest absolute Gasteiger partial charge is 0.477 e. The molecule has 2 heterocycles. The molecule has 0 N–H and O–H groups in total. The third-order valence-electron chi connectivity index (χ3n) is 4.24. The van der Waals surface area contributed by atoms with Crippen LogP contribution in [0.1, 0.15) is 17.0 Å². The molecule has 4 rings (SSSR count). The van der Waals surface area contributed by atoms with Crippen molar-refractivity contribution in [1.29, 1.82) is 0 Å². The van der Waals surface area contributed by atoms with Crippen molar-refractivity contribution in [2.75, 3.05) is 6.61 Å². The van der Waals surface area contributed by atoms with Crippen molar-refractivity contribution >= 4 is 11.0 Å². The molecule has 3 heteroatoms. The molecule has 25 heavy (non-hydrogen) atoms. The Bertz CT molecular complexity index is 915. The van der Waals surface area contributed by atoms with E-state index in [0.29, 0.717) is 18.1 Å². The normalized spacial score (nSPS) is 10.9. The molecule has 0 aliphatic rings. The highest BCUT2D eigenvalue weighted by atomic mass is 16.5. The fourth-order valence-electron chi connectivity index (χ4n) is 2.94. The van der Waals surface area contributed by atoms with Gasteiger partial charge in [0.2, 0.25) is 5.88 Å². The Kier molecular flexibility index (Phi) is 4.38. The summed E-state index contributed by atoms with van der Waals surface area (Å²) in [6.45, 7) is 0.527. The van der Waals surface area contributed by atoms with E-state index < -0.39 is 0 Å². The first-order valence-corrected chi connectivity index (χ1v) is 8.34. The van der Waals surface area contributed by atoms with Crippen molar-refractivity contribution < 1.29 is 4.74 Å². The maximum absolute atomic E-state index is 6.03. The molecule has 3 nitrogen and oxygen atoms in total. The summed E-state index contributed by atoms with van der Waals surface area (Å²) in [5.41, 5.74) is 3.16. The Morgan fingerprint density at radius 1 is 0.720 bits per heavy atom. The Hall–Kier alpha value is -3.20. The van der Waals surface area contributed by atoms with Gasteiger partial charge in [0.05, 0.1) is 0 Å². The quantitative estimate of drug-likeness (QED) is 0.526. The lowest BCUT2D eigenvalue weighted by Crippen LogP contribution is -2.12. The molecule has 0 bridgehead atoms. The second-order valence-electron chi connectivity index (χ2n) is 5.88. The lowest BCUT2D eigenvalue weighted by molar-refractivity contribution is 0.293. The summed E-state index contributed by atoms with van der Waals surface area (Å²) in [6, 6.07) is 28.6. The summed E-state index contributed by atoms with van der Waals surface area (Å²) in [4.78, 5) is 8.80. The molecular weight excluding hydrogens is 308 g/mol. The van der Waals surface area contributed by atoms with Gasteiger partial charge in [-0.1, -0.05) is 60.7 Å². The van der Waals surface area contributed by atoms with Crippen LogP contribution in [-0.2, 0) is 0 Å². The first-order chi connectivity index (χ1) is 12.4. The Morgan fingerprint density at radius 2 is 1.40 bits per heavy atom. The molecule has 0 radical (unpaired) electrons. The Balaban J connectivity index is 1.60. The number of benzene rings is 2. The van der Waals surface area contributed by atoms with Gasteiger partial charge in [0.25, 0.3) is 0 Å². The first kappa shape index (κ1) is 15.3. The predicted molar refractivity (Wildman–Crippen MR) is 99.8 cm³/mol. The number of rotatable bonds is 5. The number of hydrogen-bond donors (Lipinski definition) is 0. The molecule has 0 fully saturated rings. The van der Waals surface area contributed by atoms with Crippen LogP contribution in [0.2, 0.25) is 0 Å². The number of hydrogen-bond acceptors (Lipinski definition) is 3. The minimum Gasteiger partial charge on any atom is -0.477 e. The molecule has 2 aromatic carbocycles. The van der Waals surface area contributed by atoms with Gasteiger partial charge in [-0.15, -0.1) is 0 Å². The van der Waals surface area contributed by atoms with Gasteiger partial charge in [0.15, 0.2) is 5.65 Å². The van der Waals surface area contributed by atoms with E-state index in [1.807, 2.05) is 36.4 Å². The van der Waals surface area contributed by atoms with Crippen molar-refractivity contribution in [2.24, 2.45) is 0 Å². The van der Waals surface area contributed by atoms with E-state index in [1.54, 1.807) is 6.20 Å². The van der Waals surface area contributed by atoms with Gasteiger partial charge in [-0.05, 0) is 29.3 Å². The predicted octanol–water partition coefficient (Wildman–Crippen LogP) is 4.84. The fourth-order valence-corrected chi connectivity index (χ4v) is 2.94. The molecule has 4 aromatic rings. The van der Waals surface area contributed by atoms with Gasteiger partial charge in [0.1, 0.15) is 6.61 Å². The standard InChI is InChI=1S/C22H18N2O/c1-3-8-17(9-4-1)20(18-10-5-2-6-11-18)16-25-21-14-13-19-12-7-15-23-22(19)24-21/h1-15,20H,16H2. The van der Waals surface area contributed by atoms with Crippen LogP contribution in [0.15, 0.2) is 91.1 Å². The highest BCUT2D eigenvalue weighted by Crippen LogP contribution is 2.25. The smallest absolute Gasteiger partial charge is 0.215 e. The number of fused-ring (bicyclic) bond motifs is 1. The molecule has 0 unspecified atom stereocenters. The molecule has 2 aromatic heterocycles. The second kappa shape index (κ2) is 7.14. The molecule has 0 saturated carbocycles.